The number of nitrogens with zero attached hydrogens (tertiary/aromatic N) is 2. The first-order chi connectivity index (χ1) is 17.8. The molecular weight excluding hydrogens is 489 g/mol. The third kappa shape index (κ3) is 6.20. The minimum Gasteiger partial charge on any atom is -0.478 e. The van der Waals surface area contributed by atoms with Crippen LogP contribution in [0, 0.1) is 12.7 Å². The van der Waals surface area contributed by atoms with Gasteiger partial charge in [0.25, 0.3) is 0 Å². The molecule has 37 heavy (non-hydrogen) atoms. The van der Waals surface area contributed by atoms with Crippen molar-refractivity contribution in [3.63, 3.8) is 0 Å². The van der Waals surface area contributed by atoms with Crippen molar-refractivity contribution in [3.05, 3.63) is 100 Å². The number of aromatic nitrogens is 2. The van der Waals surface area contributed by atoms with Crippen molar-refractivity contribution in [2.24, 2.45) is 0 Å². The SMILES string of the molecule is CCCc1nc2c(C)cc(CNC(=O)[C@@H](S)Cc3ccccc3)cc2n1Cc1ccc(C(=O)O)c(F)c1. The number of hydrogen-bond acceptors (Lipinski definition) is 4. The number of aromatic carboxylic acids is 1. The Morgan fingerprint density at radius 2 is 1.84 bits per heavy atom. The van der Waals surface area contributed by atoms with Gasteiger partial charge in [-0.1, -0.05) is 49.4 Å². The number of thiol groups is 1. The van der Waals surface area contributed by atoms with Crippen LogP contribution >= 0.6 is 12.6 Å². The Balaban J connectivity index is 1.58. The van der Waals surface area contributed by atoms with E-state index in [1.807, 2.05) is 54.0 Å². The summed E-state index contributed by atoms with van der Waals surface area (Å²) in [4.78, 5) is 28.7. The smallest absolute Gasteiger partial charge is 0.338 e. The molecule has 0 spiro atoms. The normalized spacial score (nSPS) is 12.0. The van der Waals surface area contributed by atoms with Crippen LogP contribution in [0.5, 0.6) is 0 Å². The van der Waals surface area contributed by atoms with E-state index in [0.29, 0.717) is 25.1 Å². The number of benzene rings is 3. The largest absolute Gasteiger partial charge is 0.478 e. The fraction of sp³-hybridized carbons (Fsp3) is 0.276. The lowest BCUT2D eigenvalue weighted by atomic mass is 10.1. The average Bonchev–Trinajstić information content (AvgIpc) is 3.20. The topological polar surface area (TPSA) is 84.2 Å². The van der Waals surface area contributed by atoms with Gasteiger partial charge in [0, 0.05) is 19.5 Å². The summed E-state index contributed by atoms with van der Waals surface area (Å²) in [6.45, 7) is 4.76. The average molecular weight is 520 g/mol. The summed E-state index contributed by atoms with van der Waals surface area (Å²) in [5.74, 6) is -1.32. The van der Waals surface area contributed by atoms with E-state index >= 15 is 0 Å². The van der Waals surface area contributed by atoms with Crippen LogP contribution in [-0.2, 0) is 30.7 Å². The number of hydrogen-bond donors (Lipinski definition) is 3. The van der Waals surface area contributed by atoms with Gasteiger partial charge in [-0.05, 0) is 60.2 Å². The molecule has 3 aromatic carbocycles. The van der Waals surface area contributed by atoms with Gasteiger partial charge < -0.3 is 15.0 Å². The number of nitrogens with one attached hydrogen (secondary N) is 1. The maximum atomic E-state index is 14.3. The molecule has 0 aliphatic heterocycles. The molecule has 2 N–H and O–H groups in total. The van der Waals surface area contributed by atoms with E-state index in [-0.39, 0.29) is 11.5 Å². The maximum Gasteiger partial charge on any atom is 0.338 e. The summed E-state index contributed by atoms with van der Waals surface area (Å²) >= 11 is 4.50. The van der Waals surface area contributed by atoms with Crippen molar-refractivity contribution < 1.29 is 19.1 Å². The molecule has 0 unspecified atom stereocenters. The highest BCUT2D eigenvalue weighted by atomic mass is 32.1. The van der Waals surface area contributed by atoms with E-state index in [4.69, 9.17) is 10.1 Å². The quantitative estimate of drug-likeness (QED) is 0.247. The molecule has 0 aliphatic rings. The number of fused-ring (bicyclic) bond motifs is 1. The monoisotopic (exact) mass is 519 g/mol. The van der Waals surface area contributed by atoms with Gasteiger partial charge in [0.1, 0.15) is 11.6 Å². The Labute approximate surface area is 221 Å². The Morgan fingerprint density at radius 3 is 2.51 bits per heavy atom. The molecule has 0 radical (unpaired) electrons. The molecule has 192 valence electrons. The Morgan fingerprint density at radius 1 is 1.08 bits per heavy atom. The highest BCUT2D eigenvalue weighted by Gasteiger charge is 2.18. The molecule has 4 aromatic rings. The predicted octanol–water partition coefficient (Wildman–Crippen LogP) is 5.34. The van der Waals surface area contributed by atoms with Crippen LogP contribution in [0.2, 0.25) is 0 Å². The summed E-state index contributed by atoms with van der Waals surface area (Å²) in [5.41, 5.74) is 5.01. The fourth-order valence-corrected chi connectivity index (χ4v) is 4.76. The minimum absolute atomic E-state index is 0.140. The summed E-state index contributed by atoms with van der Waals surface area (Å²) in [5, 5.41) is 11.7. The van der Waals surface area contributed by atoms with Crippen molar-refractivity contribution in [2.75, 3.05) is 0 Å². The second-order valence-electron chi connectivity index (χ2n) is 9.19. The maximum absolute atomic E-state index is 14.3. The number of imidazole rings is 1. The number of amides is 1. The molecule has 0 saturated carbocycles. The first-order valence-electron chi connectivity index (χ1n) is 12.3. The lowest BCUT2D eigenvalue weighted by Crippen LogP contribution is -2.32. The van der Waals surface area contributed by atoms with E-state index in [2.05, 4.69) is 24.9 Å². The number of rotatable bonds is 10. The zero-order valence-electron chi connectivity index (χ0n) is 20.9. The molecule has 0 fully saturated rings. The highest BCUT2D eigenvalue weighted by Crippen LogP contribution is 2.25. The third-order valence-corrected chi connectivity index (χ3v) is 6.72. The zero-order valence-corrected chi connectivity index (χ0v) is 21.8. The van der Waals surface area contributed by atoms with Gasteiger partial charge in [-0.3, -0.25) is 4.79 Å². The van der Waals surface area contributed by atoms with Gasteiger partial charge in [-0.25, -0.2) is 14.2 Å². The van der Waals surface area contributed by atoms with Crippen LogP contribution in [0.15, 0.2) is 60.7 Å². The molecule has 0 saturated heterocycles. The van der Waals surface area contributed by atoms with E-state index < -0.39 is 17.0 Å². The molecule has 1 atom stereocenters. The standard InChI is InChI=1S/C29H30FN3O3S/c1-3-7-26-32-27-18(2)12-21(16-31-28(34)25(37)15-19-8-5-4-6-9-19)14-24(27)33(26)17-20-10-11-22(29(35)36)23(30)13-20/h4-6,8-14,25,37H,3,7,15-17H2,1-2H3,(H,31,34)(H,35,36)/t25-/m0/s1. The number of carbonyl (C=O) groups is 2. The zero-order chi connectivity index (χ0) is 26.5. The summed E-state index contributed by atoms with van der Waals surface area (Å²) in [7, 11) is 0. The number of aryl methyl sites for hydroxylation is 2. The second kappa shape index (κ2) is 11.6. The van der Waals surface area contributed by atoms with Crippen LogP contribution < -0.4 is 5.32 Å². The summed E-state index contributed by atoms with van der Waals surface area (Å²) < 4.78 is 16.4. The third-order valence-electron chi connectivity index (χ3n) is 6.30. The molecular formula is C29H30FN3O3S. The molecule has 8 heteroatoms. The van der Waals surface area contributed by atoms with Gasteiger partial charge in [-0.15, -0.1) is 0 Å². The van der Waals surface area contributed by atoms with Crippen molar-refractivity contribution in [3.8, 4) is 0 Å². The van der Waals surface area contributed by atoms with Crippen LogP contribution in [-0.4, -0.2) is 31.8 Å². The van der Waals surface area contributed by atoms with Crippen LogP contribution in [0.1, 0.15) is 51.8 Å². The highest BCUT2D eigenvalue weighted by molar-refractivity contribution is 7.81. The molecule has 1 aromatic heterocycles. The van der Waals surface area contributed by atoms with Gasteiger partial charge in [0.05, 0.1) is 21.8 Å². The van der Waals surface area contributed by atoms with E-state index in [0.717, 1.165) is 46.4 Å². The Bertz CT molecular complexity index is 1440. The molecule has 4 rings (SSSR count). The molecule has 1 amide bonds. The lowest BCUT2D eigenvalue weighted by Gasteiger charge is -2.13. The molecule has 1 heterocycles. The van der Waals surface area contributed by atoms with Gasteiger partial charge >= 0.3 is 5.97 Å². The van der Waals surface area contributed by atoms with Crippen molar-refractivity contribution in [1.82, 2.24) is 14.9 Å². The Hall–Kier alpha value is -3.65. The Kier molecular flexibility index (Phi) is 8.28. The first kappa shape index (κ1) is 26.4. The molecule has 0 aliphatic carbocycles. The van der Waals surface area contributed by atoms with Gasteiger partial charge in [0.15, 0.2) is 0 Å². The number of carboxylic acids is 1. The van der Waals surface area contributed by atoms with E-state index in [1.165, 1.54) is 12.1 Å². The van der Waals surface area contributed by atoms with Crippen molar-refractivity contribution in [1.29, 1.82) is 0 Å². The lowest BCUT2D eigenvalue weighted by molar-refractivity contribution is -0.120. The van der Waals surface area contributed by atoms with Crippen molar-refractivity contribution >= 4 is 35.5 Å². The van der Waals surface area contributed by atoms with Crippen LogP contribution in [0.3, 0.4) is 0 Å². The first-order valence-corrected chi connectivity index (χ1v) is 12.8. The van der Waals surface area contributed by atoms with Crippen molar-refractivity contribution in [2.45, 2.75) is 51.4 Å². The van der Waals surface area contributed by atoms with Gasteiger partial charge in [0.2, 0.25) is 5.91 Å². The van der Waals surface area contributed by atoms with Crippen LogP contribution in [0.4, 0.5) is 4.39 Å². The fourth-order valence-electron chi connectivity index (χ4n) is 4.46. The summed E-state index contributed by atoms with van der Waals surface area (Å²) in [6.07, 6.45) is 2.18. The predicted molar refractivity (Wildman–Crippen MR) is 146 cm³/mol. The number of carboxylic acid groups (broad SMARTS) is 1. The number of carbonyl (C=O) groups excluding carboxylic acids is 1. The van der Waals surface area contributed by atoms with E-state index in [1.54, 1.807) is 6.07 Å². The minimum atomic E-state index is -1.29. The summed E-state index contributed by atoms with van der Waals surface area (Å²) in [6, 6.07) is 18.0. The van der Waals surface area contributed by atoms with Crippen LogP contribution in [0.25, 0.3) is 11.0 Å². The van der Waals surface area contributed by atoms with E-state index in [9.17, 15) is 14.0 Å². The molecule has 0 bridgehead atoms. The molecule has 6 nitrogen and oxygen atoms in total. The second-order valence-corrected chi connectivity index (χ2v) is 9.81. The van der Waals surface area contributed by atoms with Gasteiger partial charge in [-0.2, -0.15) is 12.6 Å². The number of halogens is 1.